The highest BCUT2D eigenvalue weighted by atomic mass is 16.5. The van der Waals surface area contributed by atoms with Crippen LogP contribution in [0.4, 0.5) is 10.5 Å². The lowest BCUT2D eigenvalue weighted by molar-refractivity contribution is -0.144. The van der Waals surface area contributed by atoms with Crippen molar-refractivity contribution in [3.05, 3.63) is 125 Å². The third-order valence-electron chi connectivity index (χ3n) is 11.6. The van der Waals surface area contributed by atoms with E-state index in [2.05, 4.69) is 10.6 Å². The fourth-order valence-electron chi connectivity index (χ4n) is 8.57. The Morgan fingerprint density at radius 1 is 0.814 bits per heavy atom. The number of hydrogen-bond acceptors (Lipinski definition) is 7. The zero-order valence-electron chi connectivity index (χ0n) is 33.2. The molecule has 1 saturated heterocycles. The van der Waals surface area contributed by atoms with Gasteiger partial charge in [0.15, 0.2) is 0 Å². The quantitative estimate of drug-likeness (QED) is 0.172. The molecule has 0 saturated carbocycles. The minimum Gasteiger partial charge on any atom is -0.481 e. The summed E-state index contributed by atoms with van der Waals surface area (Å²) in [5.41, 5.74) is 5.99. The minimum absolute atomic E-state index is 0.0519. The SMILES string of the molecule is C[C@H](NC(=O)[C@H](Cc1ccccc1)N1C(=O)[C@@H](N(C)C(=O)C(CC(=O)O)NC(=O)OCC2c3ccccc3-c3ccccc32)Cc2ccccc21)C(=O)N1CCCCC1. The summed E-state index contributed by atoms with van der Waals surface area (Å²) in [4.78, 5) is 86.5. The molecule has 3 N–H and O–H groups in total. The maximum Gasteiger partial charge on any atom is 0.407 e. The zero-order valence-corrected chi connectivity index (χ0v) is 33.2. The Labute approximate surface area is 343 Å². The van der Waals surface area contributed by atoms with Gasteiger partial charge in [0.2, 0.25) is 17.7 Å². The molecule has 7 rings (SSSR count). The summed E-state index contributed by atoms with van der Waals surface area (Å²) in [6.07, 6.45) is 1.26. The number of likely N-dealkylation sites (N-methyl/N-ethyl adjacent to an activating group) is 1. The number of alkyl carbamates (subject to hydrolysis) is 1. The van der Waals surface area contributed by atoms with Crippen LogP contribution < -0.4 is 15.5 Å². The third kappa shape index (κ3) is 8.84. The summed E-state index contributed by atoms with van der Waals surface area (Å²) in [6.45, 7) is 2.82. The van der Waals surface area contributed by atoms with Crippen LogP contribution in [0.25, 0.3) is 11.1 Å². The number of para-hydroxylation sites is 1. The van der Waals surface area contributed by atoms with Gasteiger partial charge in [0.1, 0.15) is 30.8 Å². The van der Waals surface area contributed by atoms with Crippen LogP contribution in [0.2, 0.25) is 0 Å². The molecule has 2 aliphatic heterocycles. The normalized spacial score (nSPS) is 17.4. The zero-order chi connectivity index (χ0) is 41.6. The van der Waals surface area contributed by atoms with Crippen molar-refractivity contribution >= 4 is 41.4 Å². The van der Waals surface area contributed by atoms with Crippen molar-refractivity contribution in [1.29, 1.82) is 0 Å². The number of hydrogen-bond donors (Lipinski definition) is 3. The highest BCUT2D eigenvalue weighted by Gasteiger charge is 2.44. The van der Waals surface area contributed by atoms with Gasteiger partial charge in [-0.25, -0.2) is 4.79 Å². The van der Waals surface area contributed by atoms with Crippen LogP contribution in [0, 0.1) is 0 Å². The number of anilines is 1. The van der Waals surface area contributed by atoms with Crippen molar-refractivity contribution in [2.24, 2.45) is 0 Å². The van der Waals surface area contributed by atoms with E-state index in [0.717, 1.165) is 52.0 Å². The number of fused-ring (bicyclic) bond motifs is 4. The average molecular weight is 800 g/mol. The highest BCUT2D eigenvalue weighted by molar-refractivity contribution is 6.07. The van der Waals surface area contributed by atoms with Crippen LogP contribution in [-0.2, 0) is 41.6 Å². The van der Waals surface area contributed by atoms with Crippen LogP contribution in [-0.4, -0.2) is 102 Å². The van der Waals surface area contributed by atoms with Crippen LogP contribution in [0.3, 0.4) is 0 Å². The van der Waals surface area contributed by atoms with Gasteiger partial charge in [-0.1, -0.05) is 97.1 Å². The molecule has 4 aromatic rings. The maximum absolute atomic E-state index is 14.8. The molecular formula is C46H49N5O8. The molecule has 4 aromatic carbocycles. The van der Waals surface area contributed by atoms with Crippen LogP contribution >= 0.6 is 0 Å². The van der Waals surface area contributed by atoms with Gasteiger partial charge < -0.3 is 30.3 Å². The second-order valence-corrected chi connectivity index (χ2v) is 15.4. The molecule has 0 aromatic heterocycles. The predicted octanol–water partition coefficient (Wildman–Crippen LogP) is 4.91. The lowest BCUT2D eigenvalue weighted by atomic mass is 9.92. The van der Waals surface area contributed by atoms with Crippen molar-refractivity contribution < 1.29 is 38.6 Å². The van der Waals surface area contributed by atoms with Crippen molar-refractivity contribution in [1.82, 2.24) is 20.4 Å². The summed E-state index contributed by atoms with van der Waals surface area (Å²) in [5.74, 6) is -3.72. The topological polar surface area (TPSA) is 166 Å². The molecule has 1 unspecified atom stereocenters. The maximum atomic E-state index is 14.8. The van der Waals surface area contributed by atoms with Gasteiger partial charge in [0.05, 0.1) is 6.42 Å². The Hall–Kier alpha value is -6.50. The molecule has 3 aliphatic rings. The molecule has 306 valence electrons. The number of likely N-dealkylation sites (tertiary alicyclic amines) is 1. The van der Waals surface area contributed by atoms with E-state index < -0.39 is 60.4 Å². The van der Waals surface area contributed by atoms with Gasteiger partial charge in [0, 0.05) is 44.6 Å². The van der Waals surface area contributed by atoms with Crippen molar-refractivity contribution in [2.45, 2.75) is 75.5 Å². The number of aliphatic carboxylic acids is 1. The fraction of sp³-hybridized carbons (Fsp3) is 0.348. The highest BCUT2D eigenvalue weighted by Crippen LogP contribution is 2.44. The number of ether oxygens (including phenoxy) is 1. The molecule has 13 heteroatoms. The Bertz CT molecular complexity index is 2180. The van der Waals surface area contributed by atoms with E-state index in [0.29, 0.717) is 24.3 Å². The molecule has 59 heavy (non-hydrogen) atoms. The number of nitrogens with one attached hydrogen (secondary N) is 2. The van der Waals surface area contributed by atoms with E-state index in [1.54, 1.807) is 30.0 Å². The first kappa shape index (κ1) is 40.7. The molecule has 1 fully saturated rings. The second kappa shape index (κ2) is 18.0. The Kier molecular flexibility index (Phi) is 12.4. The van der Waals surface area contributed by atoms with E-state index in [1.807, 2.05) is 84.9 Å². The number of nitrogens with zero attached hydrogens (tertiary/aromatic N) is 3. The molecule has 4 atom stereocenters. The van der Waals surface area contributed by atoms with Gasteiger partial charge in [-0.3, -0.25) is 28.9 Å². The molecular weight excluding hydrogens is 751 g/mol. The number of carbonyl (C=O) groups excluding carboxylic acids is 5. The summed E-state index contributed by atoms with van der Waals surface area (Å²) >= 11 is 0. The summed E-state index contributed by atoms with van der Waals surface area (Å²) in [5, 5.41) is 15.2. The Balaban J connectivity index is 1.11. The van der Waals surface area contributed by atoms with Gasteiger partial charge in [-0.05, 0) is 65.6 Å². The van der Waals surface area contributed by atoms with E-state index in [9.17, 15) is 33.9 Å². The minimum atomic E-state index is -1.57. The Morgan fingerprint density at radius 2 is 1.42 bits per heavy atom. The second-order valence-electron chi connectivity index (χ2n) is 15.4. The van der Waals surface area contributed by atoms with Gasteiger partial charge in [-0.2, -0.15) is 0 Å². The van der Waals surface area contributed by atoms with Crippen LogP contribution in [0.1, 0.15) is 60.8 Å². The number of carboxylic acid groups (broad SMARTS) is 1. The van der Waals surface area contributed by atoms with Crippen molar-refractivity contribution in [3.8, 4) is 11.1 Å². The molecule has 13 nitrogen and oxygen atoms in total. The molecule has 1 aliphatic carbocycles. The number of piperidine rings is 1. The van der Waals surface area contributed by atoms with Crippen LogP contribution in [0.5, 0.6) is 0 Å². The van der Waals surface area contributed by atoms with Gasteiger partial charge in [0.25, 0.3) is 5.91 Å². The van der Waals surface area contributed by atoms with E-state index in [-0.39, 0.29) is 31.3 Å². The first-order valence-electron chi connectivity index (χ1n) is 20.2. The first-order valence-corrected chi connectivity index (χ1v) is 20.2. The molecule has 2 heterocycles. The van der Waals surface area contributed by atoms with Crippen molar-refractivity contribution in [2.75, 3.05) is 31.6 Å². The Morgan fingerprint density at radius 3 is 2.08 bits per heavy atom. The molecule has 5 amide bonds. The smallest absolute Gasteiger partial charge is 0.407 e. The van der Waals surface area contributed by atoms with E-state index >= 15 is 0 Å². The number of carboxylic acids is 1. The number of benzene rings is 4. The summed E-state index contributed by atoms with van der Waals surface area (Å²) < 4.78 is 5.65. The third-order valence-corrected chi connectivity index (χ3v) is 11.6. The van der Waals surface area contributed by atoms with E-state index in [1.165, 1.54) is 11.9 Å². The number of amides is 5. The summed E-state index contributed by atoms with van der Waals surface area (Å²) in [7, 11) is 1.39. The standard InChI is InChI=1S/C46H49N5O8/c1-29(43(55)50-23-13-4-14-24-50)47-42(54)39(25-30-15-5-3-6-16-30)51-38-22-12-7-17-31(38)26-40(45(51)57)49(2)44(56)37(27-41(52)53)48-46(58)59-28-36-34-20-10-8-18-32(34)33-19-9-11-21-35(33)36/h3,5-12,15-22,29,36-37,39-40H,4,13-14,23-28H2,1-2H3,(H,47,54)(H,48,58)(H,52,53)/t29-,37?,39-,40-/m0/s1. The fourth-order valence-corrected chi connectivity index (χ4v) is 8.57. The molecule has 0 radical (unpaired) electrons. The van der Waals surface area contributed by atoms with Crippen molar-refractivity contribution in [3.63, 3.8) is 0 Å². The molecule has 0 bridgehead atoms. The van der Waals surface area contributed by atoms with Gasteiger partial charge >= 0.3 is 12.1 Å². The number of rotatable bonds is 13. The molecule has 0 spiro atoms. The first-order chi connectivity index (χ1) is 28.5. The number of carbonyl (C=O) groups is 6. The average Bonchev–Trinajstić information content (AvgIpc) is 3.57. The predicted molar refractivity (Wildman–Crippen MR) is 220 cm³/mol. The van der Waals surface area contributed by atoms with Gasteiger partial charge in [-0.15, -0.1) is 0 Å². The monoisotopic (exact) mass is 799 g/mol. The summed E-state index contributed by atoms with van der Waals surface area (Å²) in [6, 6.07) is 27.3. The van der Waals surface area contributed by atoms with E-state index in [4.69, 9.17) is 4.74 Å². The lowest BCUT2D eigenvalue weighted by Gasteiger charge is -2.42. The van der Waals surface area contributed by atoms with Crippen LogP contribution in [0.15, 0.2) is 103 Å². The largest absolute Gasteiger partial charge is 0.481 e. The lowest BCUT2D eigenvalue weighted by Crippen LogP contribution is -2.62.